The van der Waals surface area contributed by atoms with E-state index >= 15 is 0 Å². The average Bonchev–Trinajstić information content (AvgIpc) is 3.32. The largest absolute Gasteiger partial charge is 0.481 e. The topological polar surface area (TPSA) is 96.7 Å². The van der Waals surface area contributed by atoms with Crippen LogP contribution in [0.15, 0.2) is 31.0 Å². The number of aliphatic carboxylic acids is 1. The maximum absolute atomic E-state index is 11.3. The lowest BCUT2D eigenvalue weighted by Gasteiger charge is -2.22. The lowest BCUT2D eigenvalue weighted by Crippen LogP contribution is -2.21. The zero-order valence-electron chi connectivity index (χ0n) is 13.2. The molecule has 124 valence electrons. The molecule has 0 amide bonds. The number of nitrogens with one attached hydrogen (secondary N) is 1. The van der Waals surface area contributed by atoms with Gasteiger partial charge in [-0.1, -0.05) is 12.8 Å². The molecular formula is C17H19N5O2. The third kappa shape index (κ3) is 2.66. The highest BCUT2D eigenvalue weighted by Crippen LogP contribution is 2.36. The van der Waals surface area contributed by atoms with Gasteiger partial charge in [0, 0.05) is 23.3 Å². The first-order valence-electron chi connectivity index (χ1n) is 8.27. The monoisotopic (exact) mass is 325 g/mol. The normalized spacial score (nSPS) is 16.7. The molecule has 0 radical (unpaired) electrons. The van der Waals surface area contributed by atoms with Crippen molar-refractivity contribution in [2.45, 2.75) is 38.1 Å². The van der Waals surface area contributed by atoms with Crippen LogP contribution < -0.4 is 0 Å². The van der Waals surface area contributed by atoms with Crippen LogP contribution in [0.25, 0.3) is 22.3 Å². The highest BCUT2D eigenvalue weighted by atomic mass is 16.4. The van der Waals surface area contributed by atoms with Crippen molar-refractivity contribution in [2.75, 3.05) is 0 Å². The number of carboxylic acids is 1. The Morgan fingerprint density at radius 1 is 1.38 bits per heavy atom. The Labute approximate surface area is 138 Å². The van der Waals surface area contributed by atoms with Gasteiger partial charge in [0.25, 0.3) is 0 Å². The molecule has 1 atom stereocenters. The number of aromatic nitrogens is 5. The fourth-order valence-corrected chi connectivity index (χ4v) is 3.74. The molecule has 4 rings (SSSR count). The molecule has 0 aliphatic heterocycles. The van der Waals surface area contributed by atoms with Crippen molar-refractivity contribution < 1.29 is 9.90 Å². The standard InChI is InChI=1S/C17H19N5O2/c23-15(24)7-14(11-3-1-2-4-11)22-9-12(8-21-22)16-13-5-6-18-17(13)20-10-19-16/h5-6,8-11,14H,1-4,7H2,(H,23,24)(H,18,19,20)/t14-/m0/s1. The third-order valence-electron chi connectivity index (χ3n) is 4.90. The van der Waals surface area contributed by atoms with Crippen LogP contribution in [-0.2, 0) is 4.79 Å². The molecule has 2 N–H and O–H groups in total. The number of fused-ring (bicyclic) bond motifs is 1. The van der Waals surface area contributed by atoms with Crippen LogP contribution in [0.2, 0.25) is 0 Å². The number of hydrogen-bond donors (Lipinski definition) is 2. The first-order valence-corrected chi connectivity index (χ1v) is 8.27. The summed E-state index contributed by atoms with van der Waals surface area (Å²) in [6.45, 7) is 0. The minimum atomic E-state index is -0.779. The van der Waals surface area contributed by atoms with Crippen LogP contribution >= 0.6 is 0 Å². The minimum absolute atomic E-state index is 0.0951. The van der Waals surface area contributed by atoms with Crippen molar-refractivity contribution in [3.05, 3.63) is 31.0 Å². The number of carboxylic acid groups (broad SMARTS) is 1. The Bertz CT molecular complexity index is 863. The highest BCUT2D eigenvalue weighted by Gasteiger charge is 2.29. The van der Waals surface area contributed by atoms with Crippen molar-refractivity contribution in [3.63, 3.8) is 0 Å². The molecule has 24 heavy (non-hydrogen) atoms. The van der Waals surface area contributed by atoms with Crippen molar-refractivity contribution >= 4 is 17.0 Å². The van der Waals surface area contributed by atoms with Crippen LogP contribution in [0.5, 0.6) is 0 Å². The molecule has 0 saturated heterocycles. The van der Waals surface area contributed by atoms with Gasteiger partial charge in [0.15, 0.2) is 0 Å². The molecule has 0 spiro atoms. The SMILES string of the molecule is O=C(O)C[C@@H](C1CCCC1)n1cc(-c2ncnc3[nH]ccc23)cn1. The van der Waals surface area contributed by atoms with Gasteiger partial charge in [0.1, 0.15) is 12.0 Å². The second kappa shape index (κ2) is 6.07. The summed E-state index contributed by atoms with van der Waals surface area (Å²) in [6.07, 6.45) is 11.6. The molecule has 7 heteroatoms. The van der Waals surface area contributed by atoms with Crippen LogP contribution in [0.4, 0.5) is 0 Å². The number of hydrogen-bond acceptors (Lipinski definition) is 4. The van der Waals surface area contributed by atoms with Gasteiger partial charge in [0.2, 0.25) is 0 Å². The van der Waals surface area contributed by atoms with Gasteiger partial charge in [-0.2, -0.15) is 5.10 Å². The van der Waals surface area contributed by atoms with Crippen molar-refractivity contribution in [1.29, 1.82) is 0 Å². The lowest BCUT2D eigenvalue weighted by atomic mass is 9.95. The maximum atomic E-state index is 11.3. The summed E-state index contributed by atoms with van der Waals surface area (Å²) in [5.41, 5.74) is 2.48. The van der Waals surface area contributed by atoms with E-state index in [0.29, 0.717) is 5.92 Å². The fourth-order valence-electron chi connectivity index (χ4n) is 3.74. The zero-order valence-corrected chi connectivity index (χ0v) is 13.2. The fraction of sp³-hybridized carbons (Fsp3) is 0.412. The Kier molecular flexibility index (Phi) is 3.76. The highest BCUT2D eigenvalue weighted by molar-refractivity contribution is 5.89. The Balaban J connectivity index is 1.69. The summed E-state index contributed by atoms with van der Waals surface area (Å²) in [5, 5.41) is 14.7. The Morgan fingerprint density at radius 3 is 3.00 bits per heavy atom. The smallest absolute Gasteiger partial charge is 0.305 e. The van der Waals surface area contributed by atoms with E-state index in [0.717, 1.165) is 35.1 Å². The van der Waals surface area contributed by atoms with Gasteiger partial charge in [-0.15, -0.1) is 0 Å². The van der Waals surface area contributed by atoms with Gasteiger partial charge in [0.05, 0.1) is 24.4 Å². The van der Waals surface area contributed by atoms with E-state index in [1.165, 1.54) is 19.2 Å². The predicted octanol–water partition coefficient (Wildman–Crippen LogP) is 3.03. The first kappa shape index (κ1) is 14.9. The van der Waals surface area contributed by atoms with Gasteiger partial charge in [-0.3, -0.25) is 9.48 Å². The van der Waals surface area contributed by atoms with Crippen LogP contribution in [0, 0.1) is 5.92 Å². The van der Waals surface area contributed by atoms with Crippen molar-refractivity contribution in [2.24, 2.45) is 5.92 Å². The van der Waals surface area contributed by atoms with Crippen molar-refractivity contribution in [1.82, 2.24) is 24.7 Å². The number of aromatic amines is 1. The molecule has 1 fully saturated rings. The molecule has 0 bridgehead atoms. The van der Waals surface area contributed by atoms with E-state index < -0.39 is 5.97 Å². The van der Waals surface area contributed by atoms with Crippen LogP contribution in [0.3, 0.4) is 0 Å². The minimum Gasteiger partial charge on any atom is -0.481 e. The second-order valence-electron chi connectivity index (χ2n) is 6.38. The molecule has 0 aromatic carbocycles. The summed E-state index contributed by atoms with van der Waals surface area (Å²) in [7, 11) is 0. The first-order chi connectivity index (χ1) is 11.7. The van der Waals surface area contributed by atoms with Gasteiger partial charge in [-0.25, -0.2) is 9.97 Å². The average molecular weight is 325 g/mol. The summed E-state index contributed by atoms with van der Waals surface area (Å²) >= 11 is 0. The predicted molar refractivity (Wildman–Crippen MR) is 88.4 cm³/mol. The van der Waals surface area contributed by atoms with E-state index in [2.05, 4.69) is 20.1 Å². The molecule has 1 aliphatic rings. The van der Waals surface area contributed by atoms with E-state index in [1.807, 2.05) is 23.1 Å². The zero-order chi connectivity index (χ0) is 16.5. The molecule has 1 saturated carbocycles. The molecule has 3 aromatic rings. The van der Waals surface area contributed by atoms with Gasteiger partial charge >= 0.3 is 5.97 Å². The summed E-state index contributed by atoms with van der Waals surface area (Å²) in [5.74, 6) is -0.398. The molecule has 7 nitrogen and oxygen atoms in total. The number of carbonyl (C=O) groups is 1. The van der Waals surface area contributed by atoms with Crippen molar-refractivity contribution in [3.8, 4) is 11.3 Å². The third-order valence-corrected chi connectivity index (χ3v) is 4.90. The Hall–Kier alpha value is -2.70. The number of nitrogens with zero attached hydrogens (tertiary/aromatic N) is 4. The molecular weight excluding hydrogens is 306 g/mol. The summed E-state index contributed by atoms with van der Waals surface area (Å²) in [6, 6.07) is 1.84. The second-order valence-corrected chi connectivity index (χ2v) is 6.38. The van der Waals surface area contributed by atoms with E-state index in [1.54, 1.807) is 6.20 Å². The Morgan fingerprint density at radius 2 is 2.21 bits per heavy atom. The quantitative estimate of drug-likeness (QED) is 0.751. The van der Waals surface area contributed by atoms with Crippen LogP contribution in [-0.4, -0.2) is 35.8 Å². The summed E-state index contributed by atoms with van der Waals surface area (Å²) in [4.78, 5) is 22.9. The van der Waals surface area contributed by atoms with Crippen LogP contribution in [0.1, 0.15) is 38.1 Å². The maximum Gasteiger partial charge on any atom is 0.305 e. The van der Waals surface area contributed by atoms with E-state index in [4.69, 9.17) is 0 Å². The van der Waals surface area contributed by atoms with Gasteiger partial charge < -0.3 is 10.1 Å². The van der Waals surface area contributed by atoms with Gasteiger partial charge in [-0.05, 0) is 24.8 Å². The molecule has 3 heterocycles. The molecule has 0 unspecified atom stereocenters. The summed E-state index contributed by atoms with van der Waals surface area (Å²) < 4.78 is 1.82. The van der Waals surface area contributed by atoms with E-state index in [-0.39, 0.29) is 12.5 Å². The lowest BCUT2D eigenvalue weighted by molar-refractivity contribution is -0.138. The van der Waals surface area contributed by atoms with E-state index in [9.17, 15) is 9.90 Å². The number of rotatable bonds is 5. The molecule has 1 aliphatic carbocycles. The molecule has 3 aromatic heterocycles. The number of H-pyrrole nitrogens is 1.